The molecule has 4 nitrogen and oxygen atoms in total. The molecule has 1 unspecified atom stereocenters. The van der Waals surface area contributed by atoms with Crippen molar-refractivity contribution < 1.29 is 4.79 Å². The van der Waals surface area contributed by atoms with Crippen LogP contribution in [0.3, 0.4) is 0 Å². The van der Waals surface area contributed by atoms with Gasteiger partial charge in [-0.3, -0.25) is 4.79 Å². The number of carbonyl (C=O) groups is 1. The minimum atomic E-state index is -0.0223. The van der Waals surface area contributed by atoms with E-state index in [4.69, 9.17) is 5.73 Å². The van der Waals surface area contributed by atoms with Crippen LogP contribution >= 0.6 is 35.0 Å². The molecule has 6 heteroatoms. The fraction of sp³-hybridized carbons (Fsp3) is 0.444. The molecule has 0 bridgehead atoms. The van der Waals surface area contributed by atoms with Gasteiger partial charge < -0.3 is 15.6 Å². The average Bonchev–Trinajstić information content (AvgIpc) is 2.61. The Morgan fingerprint density at radius 1 is 1.73 bits per heavy atom. The molecule has 0 aliphatic heterocycles. The molecule has 1 aromatic heterocycles. The first-order chi connectivity index (χ1) is 6.56. The van der Waals surface area contributed by atoms with E-state index in [1.54, 1.807) is 18.1 Å². The second-order valence-corrected chi connectivity index (χ2v) is 4.48. The molecule has 86 valence electrons. The van der Waals surface area contributed by atoms with E-state index in [9.17, 15) is 4.79 Å². The van der Waals surface area contributed by atoms with Crippen LogP contribution in [0.5, 0.6) is 0 Å². The van der Waals surface area contributed by atoms with Crippen LogP contribution in [0.25, 0.3) is 0 Å². The number of nitrogens with zero attached hydrogens (tertiary/aromatic N) is 1. The van der Waals surface area contributed by atoms with Crippen molar-refractivity contribution in [2.75, 3.05) is 13.6 Å². The number of aromatic nitrogens is 1. The third kappa shape index (κ3) is 3.66. The van der Waals surface area contributed by atoms with E-state index < -0.39 is 0 Å². The van der Waals surface area contributed by atoms with Crippen LogP contribution in [0.1, 0.15) is 17.4 Å². The van der Waals surface area contributed by atoms with Gasteiger partial charge in [-0.05, 0) is 35.6 Å². The zero-order valence-electron chi connectivity index (χ0n) is 8.66. The Morgan fingerprint density at radius 3 is 2.73 bits per heavy atom. The molecule has 0 saturated carbocycles. The van der Waals surface area contributed by atoms with Crippen LogP contribution in [-0.4, -0.2) is 35.4 Å². The van der Waals surface area contributed by atoms with Gasteiger partial charge in [-0.25, -0.2) is 0 Å². The summed E-state index contributed by atoms with van der Waals surface area (Å²) in [5, 5.41) is 0. The van der Waals surface area contributed by atoms with E-state index in [0.717, 1.165) is 3.57 Å². The fourth-order valence-corrected chi connectivity index (χ4v) is 1.51. The Bertz CT molecular complexity index is 329. The molecule has 1 atom stereocenters. The lowest BCUT2D eigenvalue weighted by Crippen LogP contribution is -2.39. The quantitative estimate of drug-likeness (QED) is 0.816. The molecule has 0 saturated heterocycles. The van der Waals surface area contributed by atoms with Gasteiger partial charge in [0.05, 0.1) is 0 Å². The maximum absolute atomic E-state index is 11.8. The number of rotatable bonds is 3. The lowest BCUT2D eigenvalue weighted by atomic mass is 10.2. The highest BCUT2D eigenvalue weighted by Gasteiger charge is 2.17. The van der Waals surface area contributed by atoms with Gasteiger partial charge in [-0.15, -0.1) is 12.4 Å². The van der Waals surface area contributed by atoms with Gasteiger partial charge in [-0.1, -0.05) is 0 Å². The van der Waals surface area contributed by atoms with E-state index >= 15 is 0 Å². The average molecular weight is 344 g/mol. The standard InChI is InChI=1S/C9H14IN3O.ClH/c1-6(4-11)13(2)9(14)8-3-7(10)5-12-8;/h3,5-6,12H,4,11H2,1-2H3;1H. The number of amides is 1. The van der Waals surface area contributed by atoms with Gasteiger partial charge >= 0.3 is 0 Å². The Hall–Kier alpha value is -0.270. The Balaban J connectivity index is 0.00000196. The number of carbonyl (C=O) groups excluding carboxylic acids is 1. The summed E-state index contributed by atoms with van der Waals surface area (Å²) in [5.74, 6) is -0.0223. The molecule has 1 rings (SSSR count). The summed E-state index contributed by atoms with van der Waals surface area (Å²) in [5.41, 5.74) is 6.10. The van der Waals surface area contributed by atoms with Crippen LogP contribution in [0.15, 0.2) is 12.3 Å². The minimum Gasteiger partial charge on any atom is -0.356 e. The van der Waals surface area contributed by atoms with Crippen LogP contribution < -0.4 is 5.73 Å². The van der Waals surface area contributed by atoms with Gasteiger partial charge in [0.25, 0.3) is 5.91 Å². The molecule has 1 amide bonds. The van der Waals surface area contributed by atoms with Gasteiger partial charge in [0, 0.05) is 29.4 Å². The zero-order valence-corrected chi connectivity index (χ0v) is 11.6. The van der Waals surface area contributed by atoms with Gasteiger partial charge in [0.15, 0.2) is 0 Å². The summed E-state index contributed by atoms with van der Waals surface area (Å²) in [7, 11) is 1.76. The summed E-state index contributed by atoms with van der Waals surface area (Å²) in [6, 6.07) is 1.88. The maximum Gasteiger partial charge on any atom is 0.270 e. The molecule has 0 aliphatic rings. The molecule has 0 fully saturated rings. The van der Waals surface area contributed by atoms with Gasteiger partial charge in [-0.2, -0.15) is 0 Å². The maximum atomic E-state index is 11.8. The van der Waals surface area contributed by atoms with Crippen molar-refractivity contribution in [2.45, 2.75) is 13.0 Å². The Kier molecular flexibility index (Phi) is 6.23. The lowest BCUT2D eigenvalue weighted by molar-refractivity contribution is 0.0743. The number of H-pyrrole nitrogens is 1. The summed E-state index contributed by atoms with van der Waals surface area (Å²) < 4.78 is 1.03. The summed E-state index contributed by atoms with van der Waals surface area (Å²) in [6.45, 7) is 2.39. The summed E-state index contributed by atoms with van der Waals surface area (Å²) in [6.07, 6.45) is 1.80. The minimum absolute atomic E-state index is 0. The highest BCUT2D eigenvalue weighted by atomic mass is 127. The molecule has 0 aliphatic carbocycles. The lowest BCUT2D eigenvalue weighted by Gasteiger charge is -2.22. The monoisotopic (exact) mass is 343 g/mol. The largest absolute Gasteiger partial charge is 0.356 e. The number of halogens is 2. The van der Waals surface area contributed by atoms with Crippen LogP contribution in [-0.2, 0) is 0 Å². The zero-order chi connectivity index (χ0) is 10.7. The smallest absolute Gasteiger partial charge is 0.270 e. The van der Waals surface area contributed by atoms with Crippen LogP contribution in [0.2, 0.25) is 0 Å². The molecule has 0 spiro atoms. The van der Waals surface area contributed by atoms with E-state index in [0.29, 0.717) is 12.2 Å². The van der Waals surface area contributed by atoms with Crippen molar-refractivity contribution in [1.82, 2.24) is 9.88 Å². The molecule has 0 radical (unpaired) electrons. The van der Waals surface area contributed by atoms with E-state index in [2.05, 4.69) is 27.6 Å². The number of nitrogens with one attached hydrogen (secondary N) is 1. The number of hydrogen-bond acceptors (Lipinski definition) is 2. The first-order valence-electron chi connectivity index (χ1n) is 4.37. The molecule has 1 aromatic rings. The van der Waals surface area contributed by atoms with E-state index in [1.807, 2.05) is 13.0 Å². The normalized spacial score (nSPS) is 11.7. The Labute approximate surface area is 109 Å². The molecular formula is C9H15ClIN3O. The third-order valence-corrected chi connectivity index (χ3v) is 2.82. The highest BCUT2D eigenvalue weighted by Crippen LogP contribution is 2.09. The second-order valence-electron chi connectivity index (χ2n) is 3.23. The van der Waals surface area contributed by atoms with Crippen molar-refractivity contribution in [3.8, 4) is 0 Å². The fourth-order valence-electron chi connectivity index (χ4n) is 1.04. The number of likely N-dealkylation sites (N-methyl/N-ethyl adjacent to an activating group) is 1. The van der Waals surface area contributed by atoms with Crippen molar-refractivity contribution >= 4 is 40.9 Å². The first kappa shape index (κ1) is 14.7. The highest BCUT2D eigenvalue weighted by molar-refractivity contribution is 14.1. The van der Waals surface area contributed by atoms with Crippen molar-refractivity contribution in [1.29, 1.82) is 0 Å². The van der Waals surface area contributed by atoms with E-state index in [1.165, 1.54) is 0 Å². The first-order valence-corrected chi connectivity index (χ1v) is 5.45. The van der Waals surface area contributed by atoms with Gasteiger partial charge in [0.1, 0.15) is 5.69 Å². The summed E-state index contributed by atoms with van der Waals surface area (Å²) >= 11 is 2.16. The molecule has 0 aromatic carbocycles. The predicted octanol–water partition coefficient (Wildman–Crippen LogP) is 1.46. The summed E-state index contributed by atoms with van der Waals surface area (Å²) in [4.78, 5) is 16.4. The van der Waals surface area contributed by atoms with E-state index in [-0.39, 0.29) is 24.4 Å². The SMILES string of the molecule is CC(CN)N(C)C(=O)c1cc(I)c[nH]1.Cl. The van der Waals surface area contributed by atoms with Crippen molar-refractivity contribution in [3.05, 3.63) is 21.5 Å². The molecular weight excluding hydrogens is 328 g/mol. The third-order valence-electron chi connectivity index (χ3n) is 2.20. The molecule has 3 N–H and O–H groups in total. The number of nitrogens with two attached hydrogens (primary N) is 1. The van der Waals surface area contributed by atoms with Crippen LogP contribution in [0, 0.1) is 3.57 Å². The molecule has 1 heterocycles. The Morgan fingerprint density at radius 2 is 2.33 bits per heavy atom. The predicted molar refractivity (Wildman–Crippen MR) is 71.4 cm³/mol. The topological polar surface area (TPSA) is 62.1 Å². The van der Waals surface area contributed by atoms with Gasteiger partial charge in [0.2, 0.25) is 0 Å². The number of hydrogen-bond donors (Lipinski definition) is 2. The number of aromatic amines is 1. The van der Waals surface area contributed by atoms with Crippen molar-refractivity contribution in [2.24, 2.45) is 5.73 Å². The molecule has 15 heavy (non-hydrogen) atoms. The van der Waals surface area contributed by atoms with Crippen LogP contribution in [0.4, 0.5) is 0 Å². The second kappa shape index (κ2) is 6.34. The van der Waals surface area contributed by atoms with Crippen molar-refractivity contribution in [3.63, 3.8) is 0 Å².